The van der Waals surface area contributed by atoms with Crippen LogP contribution in [0.5, 0.6) is 0 Å². The monoisotopic (exact) mass is 493 g/mol. The third-order valence-electron chi connectivity index (χ3n) is 6.24. The Morgan fingerprint density at radius 3 is 1.65 bits per heavy atom. The Hall–Kier alpha value is 0.01000. The minimum absolute atomic E-state index is 0. The second kappa shape index (κ2) is 19.5. The zero-order chi connectivity index (χ0) is 22.1. The van der Waals surface area contributed by atoms with Crippen molar-refractivity contribution in [3.8, 4) is 0 Å². The normalized spacial score (nSPS) is 13.1. The number of aliphatic hydroxyl groups is 1. The highest BCUT2D eigenvalue weighted by atomic mass is 35.5. The summed E-state index contributed by atoms with van der Waals surface area (Å²) in [7, 11) is 2.24. The fourth-order valence-electron chi connectivity index (χ4n) is 4.28. The van der Waals surface area contributed by atoms with Crippen molar-refractivity contribution in [3.05, 3.63) is 33.8 Å². The molecule has 0 saturated carbocycles. The van der Waals surface area contributed by atoms with Crippen molar-refractivity contribution in [2.45, 2.75) is 103 Å². The van der Waals surface area contributed by atoms with Gasteiger partial charge in [-0.3, -0.25) is 0 Å². The molecule has 0 amide bonds. The van der Waals surface area contributed by atoms with Gasteiger partial charge >= 0.3 is 0 Å². The van der Waals surface area contributed by atoms with E-state index in [1.807, 2.05) is 18.2 Å². The van der Waals surface area contributed by atoms with Gasteiger partial charge in [-0.05, 0) is 25.0 Å². The predicted molar refractivity (Wildman–Crippen MR) is 133 cm³/mol. The third kappa shape index (κ3) is 15.5. The lowest BCUT2D eigenvalue weighted by atomic mass is 10.0. The van der Waals surface area contributed by atoms with Gasteiger partial charge in [-0.2, -0.15) is 0 Å². The molecule has 0 fully saturated rings. The number of quaternary nitrogens is 1. The van der Waals surface area contributed by atoms with E-state index in [1.54, 1.807) is 0 Å². The third-order valence-corrected chi connectivity index (χ3v) is 6.98. The van der Waals surface area contributed by atoms with Crippen molar-refractivity contribution in [1.29, 1.82) is 0 Å². The lowest BCUT2D eigenvalue weighted by Crippen LogP contribution is -3.00. The highest BCUT2D eigenvalue weighted by Gasteiger charge is 2.21. The van der Waals surface area contributed by atoms with E-state index >= 15 is 0 Å². The molecule has 1 aromatic carbocycles. The van der Waals surface area contributed by atoms with Gasteiger partial charge in [0.05, 0.1) is 30.2 Å². The number of halogens is 3. The van der Waals surface area contributed by atoms with Gasteiger partial charge in [0.25, 0.3) is 0 Å². The highest BCUT2D eigenvalue weighted by molar-refractivity contribution is 6.42. The molecule has 0 aliphatic carbocycles. The molecule has 0 aromatic heterocycles. The van der Waals surface area contributed by atoms with Gasteiger partial charge < -0.3 is 22.0 Å². The van der Waals surface area contributed by atoms with Gasteiger partial charge in [0.15, 0.2) is 0 Å². The van der Waals surface area contributed by atoms with E-state index in [0.29, 0.717) is 10.0 Å². The summed E-state index contributed by atoms with van der Waals surface area (Å²) in [6.07, 6.45) is 19.4. The molecule has 0 saturated heterocycles. The Morgan fingerprint density at radius 1 is 0.710 bits per heavy atom. The van der Waals surface area contributed by atoms with Crippen molar-refractivity contribution in [1.82, 2.24) is 0 Å². The summed E-state index contributed by atoms with van der Waals surface area (Å²) < 4.78 is 0.854. The first-order chi connectivity index (χ1) is 14.5. The van der Waals surface area contributed by atoms with Gasteiger partial charge in [-0.25, -0.2) is 0 Å². The van der Waals surface area contributed by atoms with Crippen LogP contribution in [-0.2, 0) is 6.54 Å². The van der Waals surface area contributed by atoms with Gasteiger partial charge in [0, 0.05) is 5.56 Å². The maximum absolute atomic E-state index is 9.53. The first-order valence-corrected chi connectivity index (χ1v) is 13.1. The Kier molecular flexibility index (Phi) is 19.5. The number of hydrogen-bond acceptors (Lipinski definition) is 1. The quantitative estimate of drug-likeness (QED) is 0.201. The van der Waals surface area contributed by atoms with E-state index < -0.39 is 0 Å². The first-order valence-electron chi connectivity index (χ1n) is 12.4. The summed E-state index contributed by atoms with van der Waals surface area (Å²) in [5.41, 5.74) is 1.19. The minimum Gasteiger partial charge on any atom is -1.00 e. The van der Waals surface area contributed by atoms with Crippen LogP contribution < -0.4 is 12.4 Å². The van der Waals surface area contributed by atoms with Crippen molar-refractivity contribution in [3.63, 3.8) is 0 Å². The molecular weight excluding hydrogens is 449 g/mol. The molecule has 0 radical (unpaired) electrons. The Morgan fingerprint density at radius 2 is 1.19 bits per heavy atom. The number of aliphatic hydroxyl groups excluding tert-OH is 1. The smallest absolute Gasteiger partial charge is 0.104 e. The zero-order valence-corrected chi connectivity index (χ0v) is 22.3. The lowest BCUT2D eigenvalue weighted by molar-refractivity contribution is -0.923. The molecule has 1 unspecified atom stereocenters. The average Bonchev–Trinajstić information content (AvgIpc) is 2.71. The van der Waals surface area contributed by atoms with Gasteiger partial charge in [-0.1, -0.05) is 113 Å². The standard InChI is InChI=1S/C26H46Cl2NO.ClH/c1-3-4-5-6-7-8-9-10-11-12-13-14-15-16-19-29(2,20-21-30)23-24-17-18-25(27)26(28)22-24;/h17-18,22,30H,3-16,19-21,23H2,1-2H3;1H/q+1;/p-1. The van der Waals surface area contributed by atoms with Gasteiger partial charge in [0.2, 0.25) is 0 Å². The van der Waals surface area contributed by atoms with Crippen molar-refractivity contribution < 1.29 is 22.0 Å². The number of likely N-dealkylation sites (N-methyl/N-ethyl adjacent to an activating group) is 1. The topological polar surface area (TPSA) is 20.2 Å². The summed E-state index contributed by atoms with van der Waals surface area (Å²) in [5.74, 6) is 0. The van der Waals surface area contributed by atoms with Crippen molar-refractivity contribution in [2.75, 3.05) is 26.7 Å². The Balaban J connectivity index is 0.00000900. The molecule has 0 aliphatic heterocycles. The Labute approximate surface area is 208 Å². The SMILES string of the molecule is CCCCCCCCCCCCCCCC[N+](C)(CCO)Cc1ccc(Cl)c(Cl)c1.[Cl-]. The number of nitrogens with zero attached hydrogens (tertiary/aromatic N) is 1. The van der Waals surface area contributed by atoms with E-state index in [9.17, 15) is 5.11 Å². The maximum atomic E-state index is 9.53. The maximum Gasteiger partial charge on any atom is 0.104 e. The van der Waals surface area contributed by atoms with Crippen LogP contribution >= 0.6 is 23.2 Å². The van der Waals surface area contributed by atoms with E-state index in [2.05, 4.69) is 14.0 Å². The van der Waals surface area contributed by atoms with Gasteiger partial charge in [-0.15, -0.1) is 0 Å². The number of benzene rings is 1. The molecule has 0 bridgehead atoms. The van der Waals surface area contributed by atoms with Crippen LogP contribution in [0.3, 0.4) is 0 Å². The Bertz CT molecular complexity index is 555. The molecule has 1 rings (SSSR count). The summed E-state index contributed by atoms with van der Waals surface area (Å²) in [6, 6.07) is 5.88. The summed E-state index contributed by atoms with van der Waals surface area (Å²) >= 11 is 12.2. The molecule has 5 heteroatoms. The van der Waals surface area contributed by atoms with E-state index in [-0.39, 0.29) is 19.0 Å². The molecule has 1 atom stereocenters. The molecule has 0 heterocycles. The fraction of sp³-hybridized carbons (Fsp3) is 0.769. The number of rotatable bonds is 19. The lowest BCUT2D eigenvalue weighted by Gasteiger charge is -2.34. The average molecular weight is 495 g/mol. The molecule has 182 valence electrons. The number of unbranched alkanes of at least 4 members (excludes halogenated alkanes) is 13. The van der Waals surface area contributed by atoms with Gasteiger partial charge in [0.1, 0.15) is 13.1 Å². The van der Waals surface area contributed by atoms with Crippen LogP contribution in [0.2, 0.25) is 10.0 Å². The minimum atomic E-state index is 0. The molecular formula is C26H46Cl3NO. The highest BCUT2D eigenvalue weighted by Crippen LogP contribution is 2.24. The second-order valence-electron chi connectivity index (χ2n) is 9.29. The van der Waals surface area contributed by atoms with E-state index in [1.165, 1.54) is 95.5 Å². The van der Waals surface area contributed by atoms with E-state index in [4.69, 9.17) is 23.2 Å². The predicted octanol–water partition coefficient (Wildman–Crippen LogP) is 5.42. The largest absolute Gasteiger partial charge is 1.00 e. The first kappa shape index (κ1) is 31.0. The molecule has 0 spiro atoms. The van der Waals surface area contributed by atoms with Crippen LogP contribution in [-0.4, -0.2) is 36.3 Å². The molecule has 1 N–H and O–H groups in total. The fourth-order valence-corrected chi connectivity index (χ4v) is 4.60. The molecule has 31 heavy (non-hydrogen) atoms. The van der Waals surface area contributed by atoms with Crippen molar-refractivity contribution >= 4 is 23.2 Å². The van der Waals surface area contributed by atoms with Crippen molar-refractivity contribution in [2.24, 2.45) is 0 Å². The van der Waals surface area contributed by atoms with Crippen LogP contribution in [0.1, 0.15) is 102 Å². The second-order valence-corrected chi connectivity index (χ2v) is 10.1. The molecule has 1 aromatic rings. The zero-order valence-electron chi connectivity index (χ0n) is 20.0. The van der Waals surface area contributed by atoms with E-state index in [0.717, 1.165) is 24.1 Å². The number of hydrogen-bond donors (Lipinski definition) is 1. The van der Waals surface area contributed by atoms with Crippen LogP contribution in [0, 0.1) is 0 Å². The molecule has 2 nitrogen and oxygen atoms in total. The summed E-state index contributed by atoms with van der Waals surface area (Å²) in [4.78, 5) is 0. The summed E-state index contributed by atoms with van der Waals surface area (Å²) in [5, 5.41) is 10.7. The molecule has 0 aliphatic rings. The van der Waals surface area contributed by atoms with Crippen LogP contribution in [0.4, 0.5) is 0 Å². The van der Waals surface area contributed by atoms with Crippen LogP contribution in [0.25, 0.3) is 0 Å². The summed E-state index contributed by atoms with van der Waals surface area (Å²) in [6.45, 7) is 5.26. The van der Waals surface area contributed by atoms with Crippen LogP contribution in [0.15, 0.2) is 18.2 Å².